The fourth-order valence-corrected chi connectivity index (χ4v) is 13.3. The van der Waals surface area contributed by atoms with Gasteiger partial charge in [0.1, 0.15) is 0 Å². The molecule has 2 nitrogen and oxygen atoms in total. The van der Waals surface area contributed by atoms with E-state index in [0.29, 0.717) is 0 Å². The van der Waals surface area contributed by atoms with Crippen LogP contribution in [-0.2, 0) is 0 Å². The zero-order chi connectivity index (χ0) is 47.5. The van der Waals surface area contributed by atoms with Gasteiger partial charge in [-0.15, -0.1) is 22.7 Å². The second-order valence-electron chi connectivity index (χ2n) is 18.5. The Labute approximate surface area is 426 Å². The average Bonchev–Trinajstić information content (AvgIpc) is 4.04. The Balaban J connectivity index is 0.923. The molecule has 0 aliphatic carbocycles. The Bertz CT molecular complexity index is 4360. The molecule has 0 unspecified atom stereocenters. The van der Waals surface area contributed by atoms with E-state index in [4.69, 9.17) is 0 Å². The molecule has 2 heterocycles. The molecule has 4 heteroatoms. The van der Waals surface area contributed by atoms with Crippen LogP contribution in [0.3, 0.4) is 0 Å². The predicted octanol–water partition coefficient (Wildman–Crippen LogP) is 20.7. The minimum absolute atomic E-state index is 1.09. The van der Waals surface area contributed by atoms with Crippen molar-refractivity contribution in [2.75, 3.05) is 9.80 Å². The minimum atomic E-state index is 1.09. The molecule has 0 aliphatic heterocycles. The van der Waals surface area contributed by atoms with E-state index in [1.54, 1.807) is 0 Å². The van der Waals surface area contributed by atoms with Gasteiger partial charge in [0, 0.05) is 53.7 Å². The van der Waals surface area contributed by atoms with Crippen molar-refractivity contribution >= 4 is 119 Å². The fourth-order valence-electron chi connectivity index (χ4n) is 10.7. The largest absolute Gasteiger partial charge is 0.309 e. The van der Waals surface area contributed by atoms with E-state index in [0.717, 1.165) is 45.3 Å². The molecule has 338 valence electrons. The minimum Gasteiger partial charge on any atom is -0.309 e. The molecule has 72 heavy (non-hydrogen) atoms. The van der Waals surface area contributed by atoms with Crippen molar-refractivity contribution in [3.8, 4) is 33.4 Å². The molecular weight excluding hydrogens is 909 g/mol. The lowest BCUT2D eigenvalue weighted by molar-refractivity contribution is 1.29. The van der Waals surface area contributed by atoms with Gasteiger partial charge in [0.2, 0.25) is 0 Å². The third-order valence-electron chi connectivity index (χ3n) is 14.2. The molecule has 14 aromatic rings. The maximum atomic E-state index is 2.46. The van der Waals surface area contributed by atoms with Crippen molar-refractivity contribution < 1.29 is 0 Å². The second-order valence-corrected chi connectivity index (χ2v) is 20.5. The van der Waals surface area contributed by atoms with E-state index in [-0.39, 0.29) is 0 Å². The molecule has 14 rings (SSSR count). The predicted molar refractivity (Wildman–Crippen MR) is 313 cm³/mol. The summed E-state index contributed by atoms with van der Waals surface area (Å²) in [6, 6.07) is 98.0. The van der Waals surface area contributed by atoms with Crippen LogP contribution in [0.5, 0.6) is 0 Å². The first-order chi connectivity index (χ1) is 35.7. The number of anilines is 6. The number of rotatable bonds is 9. The highest BCUT2D eigenvalue weighted by molar-refractivity contribution is 7.27. The highest BCUT2D eigenvalue weighted by Gasteiger charge is 2.22. The number of nitrogens with zero attached hydrogens (tertiary/aromatic N) is 2. The SMILES string of the molecule is c1ccc(-c2ccc(N(c3cccc(-c4cccc(N(c5cccc(-c6ccc7ccccc7c6)c5)c5cccc6c5sc5ccccc56)c4)c3)c3cccc4c3sc3c5ccccc5ccc43)cc2)cc1. The Morgan fingerprint density at radius 3 is 1.35 bits per heavy atom. The van der Waals surface area contributed by atoms with Crippen LogP contribution in [0, 0.1) is 0 Å². The number of hydrogen-bond acceptors (Lipinski definition) is 4. The first-order valence-electron chi connectivity index (χ1n) is 24.5. The smallest absolute Gasteiger partial charge is 0.0640 e. The van der Waals surface area contributed by atoms with Gasteiger partial charge in [-0.1, -0.05) is 194 Å². The molecule has 12 aromatic carbocycles. The maximum Gasteiger partial charge on any atom is 0.0640 e. The summed E-state index contributed by atoms with van der Waals surface area (Å²) in [4.78, 5) is 4.91. The Hall–Kier alpha value is -8.80. The summed E-state index contributed by atoms with van der Waals surface area (Å²) >= 11 is 3.76. The summed E-state index contributed by atoms with van der Waals surface area (Å²) in [6.07, 6.45) is 0. The first kappa shape index (κ1) is 42.1. The number of fused-ring (bicyclic) bond motifs is 9. The Morgan fingerprint density at radius 2 is 0.667 bits per heavy atom. The third kappa shape index (κ3) is 7.31. The van der Waals surface area contributed by atoms with Crippen molar-refractivity contribution in [3.05, 3.63) is 267 Å². The lowest BCUT2D eigenvalue weighted by atomic mass is 10.00. The van der Waals surface area contributed by atoms with Gasteiger partial charge in [-0.05, 0) is 128 Å². The van der Waals surface area contributed by atoms with Gasteiger partial charge in [-0.3, -0.25) is 0 Å². The van der Waals surface area contributed by atoms with Gasteiger partial charge in [0.15, 0.2) is 0 Å². The zero-order valence-electron chi connectivity index (χ0n) is 39.1. The van der Waals surface area contributed by atoms with Gasteiger partial charge >= 0.3 is 0 Å². The number of hydrogen-bond donors (Lipinski definition) is 0. The van der Waals surface area contributed by atoms with Gasteiger partial charge in [-0.2, -0.15) is 0 Å². The van der Waals surface area contributed by atoms with Gasteiger partial charge in [0.05, 0.1) is 20.8 Å². The molecule has 0 N–H and O–H groups in total. The molecule has 0 bridgehead atoms. The number of benzene rings is 12. The summed E-state index contributed by atoms with van der Waals surface area (Å²) in [5.41, 5.74) is 13.7. The summed E-state index contributed by atoms with van der Waals surface area (Å²) in [5, 5.41) is 10.1. The molecule has 0 spiro atoms. The van der Waals surface area contributed by atoms with Crippen LogP contribution in [0.15, 0.2) is 267 Å². The van der Waals surface area contributed by atoms with Crippen molar-refractivity contribution in [1.29, 1.82) is 0 Å². The van der Waals surface area contributed by atoms with Crippen molar-refractivity contribution in [2.24, 2.45) is 0 Å². The highest BCUT2D eigenvalue weighted by atomic mass is 32.1. The van der Waals surface area contributed by atoms with Crippen LogP contribution < -0.4 is 9.80 Å². The van der Waals surface area contributed by atoms with E-state index in [2.05, 4.69) is 277 Å². The molecule has 0 radical (unpaired) electrons. The first-order valence-corrected chi connectivity index (χ1v) is 26.1. The normalized spacial score (nSPS) is 11.6. The zero-order valence-corrected chi connectivity index (χ0v) is 40.7. The van der Waals surface area contributed by atoms with Crippen molar-refractivity contribution in [3.63, 3.8) is 0 Å². The fraction of sp³-hybridized carbons (Fsp3) is 0. The average molecular weight is 953 g/mol. The molecule has 0 amide bonds. The van der Waals surface area contributed by atoms with Crippen molar-refractivity contribution in [1.82, 2.24) is 0 Å². The van der Waals surface area contributed by atoms with E-state index >= 15 is 0 Å². The third-order valence-corrected chi connectivity index (χ3v) is 16.7. The molecule has 0 atom stereocenters. The molecule has 0 saturated heterocycles. The summed E-state index contributed by atoms with van der Waals surface area (Å²) in [7, 11) is 0. The lowest BCUT2D eigenvalue weighted by Crippen LogP contribution is -2.11. The summed E-state index contributed by atoms with van der Waals surface area (Å²) < 4.78 is 5.13. The van der Waals surface area contributed by atoms with Crippen LogP contribution in [0.25, 0.3) is 95.3 Å². The number of thiophene rings is 2. The van der Waals surface area contributed by atoms with E-state index in [1.807, 2.05) is 22.7 Å². The van der Waals surface area contributed by atoms with Gasteiger partial charge in [-0.25, -0.2) is 0 Å². The van der Waals surface area contributed by atoms with Crippen molar-refractivity contribution in [2.45, 2.75) is 0 Å². The second kappa shape index (κ2) is 17.6. The lowest BCUT2D eigenvalue weighted by Gasteiger charge is -2.28. The van der Waals surface area contributed by atoms with Crippen LogP contribution in [0.4, 0.5) is 34.1 Å². The monoisotopic (exact) mass is 952 g/mol. The topological polar surface area (TPSA) is 6.48 Å². The standard InChI is InChI=1S/C68H44N2S2/c1-2-15-45(16-3-1)47-35-38-54(39-36-47)69(64-31-14-29-61-62-40-37-48-18-6-7-26-58(48)66(62)72-68(61)64)55-23-10-20-50(42-55)51-21-11-24-56(43-51)70(63-30-13-28-60-59-27-8-9-32-65(59)71-67(60)63)57-25-12-22-52(44-57)53-34-33-46-17-4-5-19-49(46)41-53/h1-44H. The van der Waals surface area contributed by atoms with Crippen LogP contribution in [-0.4, -0.2) is 0 Å². The molecule has 0 saturated carbocycles. The molecular formula is C68H44N2S2. The Morgan fingerprint density at radius 1 is 0.222 bits per heavy atom. The molecule has 0 fully saturated rings. The molecule has 2 aromatic heterocycles. The van der Waals surface area contributed by atoms with Gasteiger partial charge < -0.3 is 9.80 Å². The van der Waals surface area contributed by atoms with Crippen LogP contribution in [0.1, 0.15) is 0 Å². The summed E-state index contributed by atoms with van der Waals surface area (Å²) in [5.74, 6) is 0. The maximum absolute atomic E-state index is 2.46. The highest BCUT2D eigenvalue weighted by Crippen LogP contribution is 2.49. The van der Waals surface area contributed by atoms with E-state index in [1.165, 1.54) is 84.1 Å². The van der Waals surface area contributed by atoms with Crippen LogP contribution in [0.2, 0.25) is 0 Å². The molecule has 0 aliphatic rings. The van der Waals surface area contributed by atoms with E-state index < -0.39 is 0 Å². The van der Waals surface area contributed by atoms with E-state index in [9.17, 15) is 0 Å². The quantitative estimate of drug-likeness (QED) is 0.142. The Kier molecular flexibility index (Phi) is 10.3. The summed E-state index contributed by atoms with van der Waals surface area (Å²) in [6.45, 7) is 0. The van der Waals surface area contributed by atoms with Gasteiger partial charge in [0.25, 0.3) is 0 Å². The van der Waals surface area contributed by atoms with Crippen LogP contribution >= 0.6 is 22.7 Å².